The smallest absolute Gasteiger partial charge is 0.0589 e. The van der Waals surface area contributed by atoms with Crippen molar-refractivity contribution in [1.82, 2.24) is 5.32 Å². The summed E-state index contributed by atoms with van der Waals surface area (Å²) in [6.07, 6.45) is 6.40. The Bertz CT molecular complexity index is 375. The van der Waals surface area contributed by atoms with Crippen LogP contribution in [0.15, 0.2) is 12.1 Å². The maximum absolute atomic E-state index is 5.81. The van der Waals surface area contributed by atoms with E-state index in [4.69, 9.17) is 4.74 Å². The van der Waals surface area contributed by atoms with Crippen LogP contribution in [0, 0.1) is 6.92 Å². The molecule has 2 heterocycles. The van der Waals surface area contributed by atoms with Crippen molar-refractivity contribution in [3.8, 4) is 0 Å². The zero-order valence-corrected chi connectivity index (χ0v) is 13.3. The highest BCUT2D eigenvalue weighted by Crippen LogP contribution is 2.20. The highest BCUT2D eigenvalue weighted by molar-refractivity contribution is 7.11. The first-order valence-corrected chi connectivity index (χ1v) is 8.42. The van der Waals surface area contributed by atoms with E-state index in [0.717, 1.165) is 19.4 Å². The fourth-order valence-corrected chi connectivity index (χ4v) is 3.93. The summed E-state index contributed by atoms with van der Waals surface area (Å²) in [5.41, 5.74) is 0. The van der Waals surface area contributed by atoms with Crippen LogP contribution in [0.25, 0.3) is 0 Å². The first-order valence-electron chi connectivity index (χ1n) is 7.60. The molecular weight excluding hydrogens is 254 g/mol. The summed E-state index contributed by atoms with van der Waals surface area (Å²) in [7, 11) is 0. The highest BCUT2D eigenvalue weighted by atomic mass is 32.1. The first kappa shape index (κ1) is 15.0. The lowest BCUT2D eigenvalue weighted by Crippen LogP contribution is -2.43. The van der Waals surface area contributed by atoms with Gasteiger partial charge in [-0.2, -0.15) is 0 Å². The lowest BCUT2D eigenvalue weighted by molar-refractivity contribution is -0.00463. The van der Waals surface area contributed by atoms with E-state index in [1.54, 1.807) is 0 Å². The Morgan fingerprint density at radius 1 is 1.47 bits per heavy atom. The molecule has 1 fully saturated rings. The lowest BCUT2D eigenvalue weighted by Gasteiger charge is -2.32. The Morgan fingerprint density at radius 2 is 2.32 bits per heavy atom. The van der Waals surface area contributed by atoms with Crippen LogP contribution in [0.3, 0.4) is 0 Å². The van der Waals surface area contributed by atoms with Crippen LogP contribution in [0.1, 0.15) is 49.3 Å². The van der Waals surface area contributed by atoms with E-state index in [1.807, 2.05) is 11.3 Å². The largest absolute Gasteiger partial charge is 0.378 e. The fourth-order valence-electron chi connectivity index (χ4n) is 2.91. The SMILES string of the molecule is CCCC1CC(NC(C)Cc2ccc(C)s2)CCO1. The molecule has 1 aliphatic rings. The van der Waals surface area contributed by atoms with Crippen LogP contribution in [-0.2, 0) is 11.2 Å². The lowest BCUT2D eigenvalue weighted by atomic mass is 9.99. The van der Waals surface area contributed by atoms with Crippen LogP contribution >= 0.6 is 11.3 Å². The van der Waals surface area contributed by atoms with E-state index < -0.39 is 0 Å². The Labute approximate surface area is 121 Å². The Kier molecular flexibility index (Phi) is 5.86. The maximum Gasteiger partial charge on any atom is 0.0589 e. The van der Waals surface area contributed by atoms with Gasteiger partial charge in [-0.25, -0.2) is 0 Å². The van der Waals surface area contributed by atoms with Gasteiger partial charge >= 0.3 is 0 Å². The van der Waals surface area contributed by atoms with Gasteiger partial charge in [0.1, 0.15) is 0 Å². The molecule has 0 bridgehead atoms. The van der Waals surface area contributed by atoms with E-state index in [2.05, 4.69) is 38.2 Å². The summed E-state index contributed by atoms with van der Waals surface area (Å²) < 4.78 is 5.81. The monoisotopic (exact) mass is 281 g/mol. The van der Waals surface area contributed by atoms with Crippen molar-refractivity contribution >= 4 is 11.3 Å². The molecule has 0 aliphatic carbocycles. The topological polar surface area (TPSA) is 21.3 Å². The fraction of sp³-hybridized carbons (Fsp3) is 0.750. The highest BCUT2D eigenvalue weighted by Gasteiger charge is 2.23. The van der Waals surface area contributed by atoms with Gasteiger partial charge in [-0.3, -0.25) is 0 Å². The molecule has 1 aromatic heterocycles. The van der Waals surface area contributed by atoms with E-state index in [0.29, 0.717) is 18.2 Å². The van der Waals surface area contributed by atoms with Gasteiger partial charge in [0, 0.05) is 28.4 Å². The average molecular weight is 281 g/mol. The van der Waals surface area contributed by atoms with E-state index in [9.17, 15) is 0 Å². The number of thiophene rings is 1. The van der Waals surface area contributed by atoms with Gasteiger partial charge in [0.15, 0.2) is 0 Å². The molecule has 19 heavy (non-hydrogen) atoms. The van der Waals surface area contributed by atoms with E-state index in [-0.39, 0.29) is 0 Å². The summed E-state index contributed by atoms with van der Waals surface area (Å²) in [5.74, 6) is 0. The Hall–Kier alpha value is -0.380. The molecule has 0 spiro atoms. The van der Waals surface area contributed by atoms with Gasteiger partial charge in [0.2, 0.25) is 0 Å². The normalized spacial score (nSPS) is 25.4. The molecular formula is C16H27NOS. The van der Waals surface area contributed by atoms with Crippen molar-refractivity contribution in [2.24, 2.45) is 0 Å². The number of hydrogen-bond acceptors (Lipinski definition) is 3. The Balaban J connectivity index is 1.76. The minimum absolute atomic E-state index is 0.479. The number of hydrogen-bond donors (Lipinski definition) is 1. The standard InChI is InChI=1S/C16H27NOS/c1-4-5-15-11-14(8-9-18-15)17-12(2)10-16-7-6-13(3)19-16/h6-7,12,14-15,17H,4-5,8-11H2,1-3H3. The van der Waals surface area contributed by atoms with E-state index in [1.165, 1.54) is 29.0 Å². The second kappa shape index (κ2) is 7.41. The molecule has 3 atom stereocenters. The molecule has 0 amide bonds. The zero-order valence-electron chi connectivity index (χ0n) is 12.4. The second-order valence-corrected chi connectivity index (χ2v) is 7.16. The van der Waals surface area contributed by atoms with E-state index >= 15 is 0 Å². The molecule has 0 aromatic carbocycles. The first-order chi connectivity index (χ1) is 9.17. The molecule has 2 nitrogen and oxygen atoms in total. The Morgan fingerprint density at radius 3 is 3.00 bits per heavy atom. The second-order valence-electron chi connectivity index (χ2n) is 5.79. The third kappa shape index (κ3) is 4.90. The molecule has 0 radical (unpaired) electrons. The quantitative estimate of drug-likeness (QED) is 0.853. The summed E-state index contributed by atoms with van der Waals surface area (Å²) in [6, 6.07) is 5.69. The van der Waals surface area contributed by atoms with Crippen LogP contribution in [0.2, 0.25) is 0 Å². The van der Waals surface area contributed by atoms with Gasteiger partial charge < -0.3 is 10.1 Å². The predicted molar refractivity (Wildman–Crippen MR) is 83.0 cm³/mol. The van der Waals surface area contributed by atoms with Gasteiger partial charge in [0.05, 0.1) is 6.10 Å². The van der Waals surface area contributed by atoms with Crippen LogP contribution < -0.4 is 5.32 Å². The van der Waals surface area contributed by atoms with Crippen molar-refractivity contribution in [3.63, 3.8) is 0 Å². The van der Waals surface area contributed by atoms with Crippen LogP contribution in [-0.4, -0.2) is 24.8 Å². The number of nitrogens with one attached hydrogen (secondary N) is 1. The third-order valence-electron chi connectivity index (χ3n) is 3.80. The summed E-state index contributed by atoms with van der Waals surface area (Å²) in [4.78, 5) is 2.91. The van der Waals surface area contributed by atoms with Crippen molar-refractivity contribution < 1.29 is 4.74 Å². The van der Waals surface area contributed by atoms with Crippen molar-refractivity contribution in [2.75, 3.05) is 6.61 Å². The maximum atomic E-state index is 5.81. The minimum Gasteiger partial charge on any atom is -0.378 e. The van der Waals surface area contributed by atoms with Crippen molar-refractivity contribution in [3.05, 3.63) is 21.9 Å². The van der Waals surface area contributed by atoms with Crippen LogP contribution in [0.4, 0.5) is 0 Å². The molecule has 3 heteroatoms. The number of ether oxygens (including phenoxy) is 1. The number of aryl methyl sites for hydroxylation is 1. The molecule has 1 N–H and O–H groups in total. The van der Waals surface area contributed by atoms with Crippen molar-refractivity contribution in [1.29, 1.82) is 0 Å². The summed E-state index contributed by atoms with van der Waals surface area (Å²) in [5, 5.41) is 3.79. The van der Waals surface area contributed by atoms with Gasteiger partial charge in [-0.1, -0.05) is 13.3 Å². The van der Waals surface area contributed by atoms with Gasteiger partial charge in [0.25, 0.3) is 0 Å². The molecule has 1 aromatic rings. The van der Waals surface area contributed by atoms with Gasteiger partial charge in [-0.15, -0.1) is 11.3 Å². The molecule has 2 rings (SSSR count). The molecule has 0 saturated carbocycles. The molecule has 1 saturated heterocycles. The summed E-state index contributed by atoms with van der Waals surface area (Å²) in [6.45, 7) is 7.65. The van der Waals surface area contributed by atoms with Gasteiger partial charge in [-0.05, 0) is 51.7 Å². The van der Waals surface area contributed by atoms with Crippen molar-refractivity contribution in [2.45, 2.75) is 71.1 Å². The third-order valence-corrected chi connectivity index (χ3v) is 4.82. The molecule has 108 valence electrons. The molecule has 3 unspecified atom stereocenters. The number of rotatable bonds is 6. The minimum atomic E-state index is 0.479. The predicted octanol–water partition coefficient (Wildman–Crippen LogP) is 3.92. The summed E-state index contributed by atoms with van der Waals surface area (Å²) >= 11 is 1.92. The zero-order chi connectivity index (χ0) is 13.7. The van der Waals surface area contributed by atoms with Crippen LogP contribution in [0.5, 0.6) is 0 Å². The average Bonchev–Trinajstić information content (AvgIpc) is 2.75. The molecule has 1 aliphatic heterocycles.